The summed E-state index contributed by atoms with van der Waals surface area (Å²) >= 11 is 0. The third-order valence-electron chi connectivity index (χ3n) is 4.82. The average Bonchev–Trinajstić information content (AvgIpc) is 2.44. The van der Waals surface area contributed by atoms with Gasteiger partial charge in [0.1, 0.15) is 0 Å². The molecule has 0 aliphatic heterocycles. The van der Waals surface area contributed by atoms with Gasteiger partial charge in [0.05, 0.1) is 13.2 Å². The van der Waals surface area contributed by atoms with Crippen LogP contribution in [0.4, 0.5) is 4.79 Å². The van der Waals surface area contributed by atoms with Crippen LogP contribution in [0.1, 0.15) is 67.2 Å². The maximum absolute atomic E-state index is 11.4. The van der Waals surface area contributed by atoms with E-state index >= 15 is 0 Å². The van der Waals surface area contributed by atoms with Crippen molar-refractivity contribution < 1.29 is 14.3 Å². The largest absolute Gasteiger partial charge is 0.508 e. The van der Waals surface area contributed by atoms with Crippen LogP contribution in [0.25, 0.3) is 0 Å². The van der Waals surface area contributed by atoms with Crippen LogP contribution in [0.3, 0.4) is 0 Å². The van der Waals surface area contributed by atoms with Crippen molar-refractivity contribution >= 4 is 6.16 Å². The fourth-order valence-electron chi connectivity index (χ4n) is 2.07. The molecule has 0 N–H and O–H groups in total. The van der Waals surface area contributed by atoms with Gasteiger partial charge in [0.25, 0.3) is 0 Å². The van der Waals surface area contributed by atoms with E-state index in [0.29, 0.717) is 36.9 Å². The van der Waals surface area contributed by atoms with Crippen molar-refractivity contribution in [1.82, 2.24) is 0 Å². The van der Waals surface area contributed by atoms with Crippen LogP contribution >= 0.6 is 0 Å². The highest BCUT2D eigenvalue weighted by Crippen LogP contribution is 2.19. The normalized spacial score (nSPS) is 17.1. The maximum Gasteiger partial charge on any atom is 0.508 e. The van der Waals surface area contributed by atoms with Crippen LogP contribution in [-0.4, -0.2) is 19.4 Å². The van der Waals surface area contributed by atoms with Crippen molar-refractivity contribution in [2.24, 2.45) is 23.7 Å². The summed E-state index contributed by atoms with van der Waals surface area (Å²) in [5, 5.41) is 0. The minimum Gasteiger partial charge on any atom is -0.434 e. The molecule has 0 heterocycles. The second-order valence-corrected chi connectivity index (χ2v) is 6.25. The standard InChI is InChI=1S/C17H34O3/c1-7-13(3)15(5)9-11-19-17(18)20-12-10-16(6)14(4)8-2/h13-16H,7-12H2,1-6H3. The smallest absolute Gasteiger partial charge is 0.434 e. The molecule has 0 saturated carbocycles. The highest BCUT2D eigenvalue weighted by molar-refractivity contribution is 5.59. The maximum atomic E-state index is 11.4. The van der Waals surface area contributed by atoms with Crippen molar-refractivity contribution in [2.45, 2.75) is 67.2 Å². The number of hydrogen-bond donors (Lipinski definition) is 0. The number of ether oxygens (including phenoxy) is 2. The molecule has 120 valence electrons. The van der Waals surface area contributed by atoms with Gasteiger partial charge in [-0.1, -0.05) is 54.4 Å². The van der Waals surface area contributed by atoms with E-state index in [1.54, 1.807) is 0 Å². The quantitative estimate of drug-likeness (QED) is 0.512. The number of hydrogen-bond acceptors (Lipinski definition) is 3. The van der Waals surface area contributed by atoms with Gasteiger partial charge in [0, 0.05) is 0 Å². The zero-order valence-corrected chi connectivity index (χ0v) is 14.3. The Morgan fingerprint density at radius 3 is 1.40 bits per heavy atom. The Balaban J connectivity index is 3.65. The first kappa shape index (κ1) is 19.3. The van der Waals surface area contributed by atoms with E-state index < -0.39 is 6.16 Å². The van der Waals surface area contributed by atoms with Gasteiger partial charge in [-0.05, 0) is 36.5 Å². The van der Waals surface area contributed by atoms with Crippen LogP contribution in [0.5, 0.6) is 0 Å². The zero-order valence-electron chi connectivity index (χ0n) is 14.3. The summed E-state index contributed by atoms with van der Waals surface area (Å²) in [5.74, 6) is 2.51. The molecule has 0 bridgehead atoms. The molecule has 0 radical (unpaired) electrons. The molecule has 0 aromatic carbocycles. The summed E-state index contributed by atoms with van der Waals surface area (Å²) in [6.45, 7) is 14.2. The fraction of sp³-hybridized carbons (Fsp3) is 0.941. The lowest BCUT2D eigenvalue weighted by Gasteiger charge is -2.19. The molecule has 0 aromatic heterocycles. The van der Waals surface area contributed by atoms with Crippen LogP contribution in [0.2, 0.25) is 0 Å². The van der Waals surface area contributed by atoms with Gasteiger partial charge in [-0.25, -0.2) is 4.79 Å². The molecule has 20 heavy (non-hydrogen) atoms. The van der Waals surface area contributed by atoms with Gasteiger partial charge in [0.2, 0.25) is 0 Å². The first-order valence-electron chi connectivity index (χ1n) is 8.21. The van der Waals surface area contributed by atoms with Gasteiger partial charge in [-0.15, -0.1) is 0 Å². The molecule has 0 rings (SSSR count). The van der Waals surface area contributed by atoms with Crippen molar-refractivity contribution in [2.75, 3.05) is 13.2 Å². The first-order valence-corrected chi connectivity index (χ1v) is 8.21. The van der Waals surface area contributed by atoms with Crippen LogP contribution in [0, 0.1) is 23.7 Å². The molecule has 0 aliphatic rings. The summed E-state index contributed by atoms with van der Waals surface area (Å²) in [4.78, 5) is 11.4. The van der Waals surface area contributed by atoms with Crippen molar-refractivity contribution in [3.63, 3.8) is 0 Å². The van der Waals surface area contributed by atoms with E-state index in [9.17, 15) is 4.79 Å². The molecular weight excluding hydrogens is 252 g/mol. The molecule has 4 unspecified atom stereocenters. The third-order valence-corrected chi connectivity index (χ3v) is 4.82. The van der Waals surface area contributed by atoms with E-state index in [-0.39, 0.29) is 0 Å². The molecule has 0 saturated heterocycles. The predicted molar refractivity (Wildman–Crippen MR) is 83.8 cm³/mol. The molecule has 0 spiro atoms. The lowest BCUT2D eigenvalue weighted by molar-refractivity contribution is 0.0454. The summed E-state index contributed by atoms with van der Waals surface area (Å²) in [6.07, 6.45) is 3.64. The minimum absolute atomic E-state index is 0.464. The van der Waals surface area contributed by atoms with E-state index in [1.165, 1.54) is 12.8 Å². The Morgan fingerprint density at radius 2 is 1.10 bits per heavy atom. The Bertz CT molecular complexity index is 229. The Labute approximate surface area is 125 Å². The second kappa shape index (κ2) is 11.0. The number of carbonyl (C=O) groups excluding carboxylic acids is 1. The van der Waals surface area contributed by atoms with Crippen molar-refractivity contribution in [3.8, 4) is 0 Å². The van der Waals surface area contributed by atoms with E-state index in [0.717, 1.165) is 12.8 Å². The van der Waals surface area contributed by atoms with Gasteiger partial charge >= 0.3 is 6.16 Å². The van der Waals surface area contributed by atoms with Crippen molar-refractivity contribution in [1.29, 1.82) is 0 Å². The third kappa shape index (κ3) is 8.44. The highest BCUT2D eigenvalue weighted by Gasteiger charge is 2.13. The molecule has 0 fully saturated rings. The van der Waals surface area contributed by atoms with Crippen LogP contribution < -0.4 is 0 Å². The summed E-state index contributed by atoms with van der Waals surface area (Å²) in [6, 6.07) is 0. The number of rotatable bonds is 10. The van der Waals surface area contributed by atoms with Gasteiger partial charge in [0.15, 0.2) is 0 Å². The Morgan fingerprint density at radius 1 is 0.750 bits per heavy atom. The van der Waals surface area contributed by atoms with E-state index in [4.69, 9.17) is 9.47 Å². The van der Waals surface area contributed by atoms with Gasteiger partial charge in [-0.2, -0.15) is 0 Å². The lowest BCUT2D eigenvalue weighted by Crippen LogP contribution is -2.16. The van der Waals surface area contributed by atoms with Gasteiger partial charge in [-0.3, -0.25) is 0 Å². The predicted octanol–water partition coefficient (Wildman–Crippen LogP) is 5.28. The SMILES string of the molecule is CCC(C)C(C)CCOC(=O)OCCC(C)C(C)CC. The molecular formula is C17H34O3. The monoisotopic (exact) mass is 286 g/mol. The first-order chi connectivity index (χ1) is 9.42. The van der Waals surface area contributed by atoms with E-state index in [2.05, 4.69) is 41.5 Å². The zero-order chi connectivity index (χ0) is 15.5. The van der Waals surface area contributed by atoms with Crippen molar-refractivity contribution in [3.05, 3.63) is 0 Å². The molecule has 4 atom stereocenters. The minimum atomic E-state index is -0.516. The fourth-order valence-corrected chi connectivity index (χ4v) is 2.07. The average molecular weight is 286 g/mol. The topological polar surface area (TPSA) is 35.5 Å². The Kier molecular flexibility index (Phi) is 10.6. The molecule has 3 nitrogen and oxygen atoms in total. The highest BCUT2D eigenvalue weighted by atomic mass is 16.7. The summed E-state index contributed by atoms with van der Waals surface area (Å²) < 4.78 is 10.2. The summed E-state index contributed by atoms with van der Waals surface area (Å²) in [5.41, 5.74) is 0. The van der Waals surface area contributed by atoms with E-state index in [1.807, 2.05) is 0 Å². The second-order valence-electron chi connectivity index (χ2n) is 6.25. The lowest BCUT2D eigenvalue weighted by atomic mass is 9.91. The molecule has 0 aliphatic carbocycles. The van der Waals surface area contributed by atoms with Crippen LogP contribution in [0.15, 0.2) is 0 Å². The van der Waals surface area contributed by atoms with Gasteiger partial charge < -0.3 is 9.47 Å². The Hall–Kier alpha value is -0.730. The number of carbonyl (C=O) groups is 1. The summed E-state index contributed by atoms with van der Waals surface area (Å²) in [7, 11) is 0. The molecule has 0 amide bonds. The molecule has 3 heteroatoms. The van der Waals surface area contributed by atoms with Crippen LogP contribution in [-0.2, 0) is 9.47 Å². The molecule has 0 aromatic rings.